The van der Waals surface area contributed by atoms with Crippen molar-refractivity contribution < 1.29 is 8.91 Å². The second-order valence-electron chi connectivity index (χ2n) is 3.11. The molecule has 1 aromatic carbocycles. The predicted molar refractivity (Wildman–Crippen MR) is 54.0 cm³/mol. The number of hydrogen-bond donors (Lipinski definition) is 0. The topological polar surface area (TPSA) is 38.9 Å². The first-order chi connectivity index (χ1) is 7.20. The molecule has 0 amide bonds. The van der Waals surface area contributed by atoms with E-state index in [2.05, 4.69) is 10.1 Å². The minimum absolute atomic E-state index is 0.198. The van der Waals surface area contributed by atoms with Gasteiger partial charge in [-0.1, -0.05) is 5.16 Å². The summed E-state index contributed by atoms with van der Waals surface area (Å²) in [6.07, 6.45) is 0. The van der Waals surface area contributed by atoms with Crippen LogP contribution in [0.2, 0.25) is 0 Å². The van der Waals surface area contributed by atoms with Crippen LogP contribution in [0.1, 0.15) is 11.4 Å². The molecular weight excluding hydrogens is 219 g/mol. The zero-order chi connectivity index (χ0) is 10.8. The lowest BCUT2D eigenvalue weighted by Crippen LogP contribution is -1.85. The maximum Gasteiger partial charge on any atom is 0.257 e. The van der Waals surface area contributed by atoms with E-state index in [1.54, 1.807) is 19.1 Å². The third-order valence-corrected chi connectivity index (χ3v) is 2.23. The fraction of sp³-hybridized carbons (Fsp3) is 0.200. The Morgan fingerprint density at radius 1 is 1.47 bits per heavy atom. The summed E-state index contributed by atoms with van der Waals surface area (Å²) in [4.78, 5) is 4.04. The lowest BCUT2D eigenvalue weighted by Gasteiger charge is -1.97. The summed E-state index contributed by atoms with van der Waals surface area (Å²) >= 11 is 5.54. The molecule has 3 nitrogen and oxygen atoms in total. The van der Waals surface area contributed by atoms with Gasteiger partial charge >= 0.3 is 0 Å². The van der Waals surface area contributed by atoms with Crippen LogP contribution in [-0.4, -0.2) is 10.1 Å². The molecule has 0 atom stereocenters. The molecular formula is C10H8ClFN2O. The Morgan fingerprint density at radius 2 is 2.27 bits per heavy atom. The summed E-state index contributed by atoms with van der Waals surface area (Å²) < 4.78 is 18.0. The van der Waals surface area contributed by atoms with Crippen LogP contribution in [0.3, 0.4) is 0 Å². The Balaban J connectivity index is 2.40. The molecule has 0 saturated heterocycles. The van der Waals surface area contributed by atoms with Crippen molar-refractivity contribution >= 4 is 11.6 Å². The molecule has 78 valence electrons. The summed E-state index contributed by atoms with van der Waals surface area (Å²) in [5.74, 6) is 0.724. The maximum atomic E-state index is 13.0. The fourth-order valence-electron chi connectivity index (χ4n) is 1.20. The molecule has 0 spiro atoms. The summed E-state index contributed by atoms with van der Waals surface area (Å²) in [6.45, 7) is 1.68. The molecule has 2 aromatic rings. The Bertz CT molecular complexity index is 484. The van der Waals surface area contributed by atoms with Gasteiger partial charge in [0.25, 0.3) is 5.89 Å². The van der Waals surface area contributed by atoms with Gasteiger partial charge in [-0.15, -0.1) is 11.6 Å². The number of nitrogens with zero attached hydrogens (tertiary/aromatic N) is 2. The average molecular weight is 227 g/mol. The highest BCUT2D eigenvalue weighted by Gasteiger charge is 2.09. The first kappa shape index (κ1) is 10.1. The molecule has 0 aliphatic carbocycles. The van der Waals surface area contributed by atoms with Crippen molar-refractivity contribution in [1.29, 1.82) is 0 Å². The van der Waals surface area contributed by atoms with Crippen molar-refractivity contribution in [2.45, 2.75) is 12.8 Å². The number of benzene rings is 1. The van der Waals surface area contributed by atoms with Gasteiger partial charge in [-0.2, -0.15) is 4.98 Å². The van der Waals surface area contributed by atoms with Gasteiger partial charge in [0.1, 0.15) is 5.82 Å². The Kier molecular flexibility index (Phi) is 2.68. The number of halogens is 2. The van der Waals surface area contributed by atoms with Gasteiger partial charge in [-0.3, -0.25) is 0 Å². The summed E-state index contributed by atoms with van der Waals surface area (Å²) in [7, 11) is 0. The molecule has 5 heteroatoms. The van der Waals surface area contributed by atoms with Crippen molar-refractivity contribution in [2.75, 3.05) is 0 Å². The van der Waals surface area contributed by atoms with E-state index in [0.29, 0.717) is 22.8 Å². The zero-order valence-corrected chi connectivity index (χ0v) is 8.75. The van der Waals surface area contributed by atoms with E-state index in [4.69, 9.17) is 16.1 Å². The minimum Gasteiger partial charge on any atom is -0.334 e. The standard InChI is InChI=1S/C10H8ClFN2O/c1-6-4-7(2-3-8(6)12)10-13-9(5-11)14-15-10/h2-4H,5H2,1H3. The Labute approximate surface area is 90.9 Å². The van der Waals surface area contributed by atoms with E-state index < -0.39 is 0 Å². The lowest BCUT2D eigenvalue weighted by atomic mass is 10.1. The van der Waals surface area contributed by atoms with Crippen molar-refractivity contribution in [2.24, 2.45) is 0 Å². The highest BCUT2D eigenvalue weighted by Crippen LogP contribution is 2.20. The second-order valence-corrected chi connectivity index (χ2v) is 3.38. The minimum atomic E-state index is -0.254. The van der Waals surface area contributed by atoms with Crippen LogP contribution in [-0.2, 0) is 5.88 Å². The van der Waals surface area contributed by atoms with Crippen LogP contribution in [0, 0.1) is 12.7 Å². The SMILES string of the molecule is Cc1cc(-c2nc(CCl)no2)ccc1F. The fourth-order valence-corrected chi connectivity index (χ4v) is 1.31. The molecule has 1 aromatic heterocycles. The monoisotopic (exact) mass is 226 g/mol. The van der Waals surface area contributed by atoms with E-state index in [0.717, 1.165) is 0 Å². The smallest absolute Gasteiger partial charge is 0.257 e. The van der Waals surface area contributed by atoms with Crippen LogP contribution < -0.4 is 0 Å². The van der Waals surface area contributed by atoms with Crippen molar-refractivity contribution in [1.82, 2.24) is 10.1 Å². The Morgan fingerprint density at radius 3 is 2.87 bits per heavy atom. The van der Waals surface area contributed by atoms with E-state index in [9.17, 15) is 4.39 Å². The van der Waals surface area contributed by atoms with Gasteiger partial charge in [0.05, 0.1) is 5.88 Å². The van der Waals surface area contributed by atoms with Crippen molar-refractivity contribution in [3.05, 3.63) is 35.4 Å². The summed E-state index contributed by atoms with van der Waals surface area (Å²) in [5, 5.41) is 3.65. The molecule has 0 radical (unpaired) electrons. The third-order valence-electron chi connectivity index (χ3n) is 1.99. The maximum absolute atomic E-state index is 13.0. The molecule has 15 heavy (non-hydrogen) atoms. The molecule has 1 heterocycles. The molecule has 0 aliphatic rings. The van der Waals surface area contributed by atoms with Crippen LogP contribution >= 0.6 is 11.6 Å². The van der Waals surface area contributed by atoms with Gasteiger partial charge in [0.2, 0.25) is 0 Å². The lowest BCUT2D eigenvalue weighted by molar-refractivity contribution is 0.425. The molecule has 0 saturated carbocycles. The van der Waals surface area contributed by atoms with E-state index in [-0.39, 0.29) is 11.7 Å². The Hall–Kier alpha value is -1.42. The molecule has 0 aliphatic heterocycles. The van der Waals surface area contributed by atoms with Crippen LogP contribution in [0.15, 0.2) is 22.7 Å². The number of rotatable bonds is 2. The van der Waals surface area contributed by atoms with Crippen molar-refractivity contribution in [3.8, 4) is 11.5 Å². The molecule has 2 rings (SSSR count). The van der Waals surface area contributed by atoms with Gasteiger partial charge in [0, 0.05) is 5.56 Å². The first-order valence-electron chi connectivity index (χ1n) is 4.36. The van der Waals surface area contributed by atoms with Crippen LogP contribution in [0.4, 0.5) is 4.39 Å². The summed E-state index contributed by atoms with van der Waals surface area (Å²) in [6, 6.07) is 4.62. The highest BCUT2D eigenvalue weighted by atomic mass is 35.5. The molecule has 0 bridgehead atoms. The second kappa shape index (κ2) is 3.98. The largest absolute Gasteiger partial charge is 0.334 e. The zero-order valence-electron chi connectivity index (χ0n) is 8.00. The first-order valence-corrected chi connectivity index (χ1v) is 4.89. The van der Waals surface area contributed by atoms with E-state index in [1.807, 2.05) is 0 Å². The van der Waals surface area contributed by atoms with Gasteiger partial charge < -0.3 is 4.52 Å². The van der Waals surface area contributed by atoms with E-state index in [1.165, 1.54) is 6.07 Å². The van der Waals surface area contributed by atoms with Crippen LogP contribution in [0.25, 0.3) is 11.5 Å². The summed E-state index contributed by atoms with van der Waals surface area (Å²) in [5.41, 5.74) is 1.23. The average Bonchev–Trinajstić information content (AvgIpc) is 2.70. The van der Waals surface area contributed by atoms with Crippen molar-refractivity contribution in [3.63, 3.8) is 0 Å². The number of hydrogen-bond acceptors (Lipinski definition) is 3. The molecule has 0 unspecified atom stereocenters. The number of aryl methyl sites for hydroxylation is 1. The van der Waals surface area contributed by atoms with E-state index >= 15 is 0 Å². The quantitative estimate of drug-likeness (QED) is 0.739. The normalized spacial score (nSPS) is 10.6. The van der Waals surface area contributed by atoms with Gasteiger partial charge in [-0.05, 0) is 30.7 Å². The highest BCUT2D eigenvalue weighted by molar-refractivity contribution is 6.16. The number of aromatic nitrogens is 2. The number of alkyl halides is 1. The predicted octanol–water partition coefficient (Wildman–Crippen LogP) is 2.92. The van der Waals surface area contributed by atoms with Crippen LogP contribution in [0.5, 0.6) is 0 Å². The van der Waals surface area contributed by atoms with Gasteiger partial charge in [0.15, 0.2) is 5.82 Å². The van der Waals surface area contributed by atoms with Gasteiger partial charge in [-0.25, -0.2) is 4.39 Å². The molecule has 0 N–H and O–H groups in total. The third kappa shape index (κ3) is 1.99. The molecule has 0 fully saturated rings.